The van der Waals surface area contributed by atoms with E-state index in [0.717, 1.165) is 32.3 Å². The van der Waals surface area contributed by atoms with Crippen molar-refractivity contribution in [1.29, 1.82) is 0 Å². The second-order valence-corrected chi connectivity index (χ2v) is 10.1. The number of methoxy groups -OCH3 is 1. The summed E-state index contributed by atoms with van der Waals surface area (Å²) in [6, 6.07) is 7.35. The van der Waals surface area contributed by atoms with Gasteiger partial charge in [-0.3, -0.25) is 15.2 Å². The number of amides is 1. The van der Waals surface area contributed by atoms with Crippen LogP contribution in [-0.2, 0) is 11.0 Å². The molecule has 1 saturated heterocycles. The third-order valence-corrected chi connectivity index (χ3v) is 7.61. The first kappa shape index (κ1) is 23.5. The Morgan fingerprint density at radius 2 is 2.03 bits per heavy atom. The lowest BCUT2D eigenvalue weighted by Gasteiger charge is -2.11. The highest BCUT2D eigenvalue weighted by atomic mass is 32.2. The molecule has 0 unspecified atom stereocenters. The van der Waals surface area contributed by atoms with Crippen molar-refractivity contribution in [2.75, 3.05) is 19.0 Å². The Hall–Kier alpha value is -3.23. The van der Waals surface area contributed by atoms with Gasteiger partial charge in [0, 0.05) is 15.2 Å². The van der Waals surface area contributed by atoms with E-state index in [1.807, 2.05) is 41.3 Å². The highest BCUT2D eigenvalue weighted by Gasteiger charge is 2.39. The number of H-pyrrole nitrogens is 1. The maximum atomic E-state index is 13.3. The van der Waals surface area contributed by atoms with Gasteiger partial charge >= 0.3 is 6.18 Å². The van der Waals surface area contributed by atoms with Crippen molar-refractivity contribution in [1.82, 2.24) is 25.1 Å². The topological polar surface area (TPSA) is 95.8 Å². The van der Waals surface area contributed by atoms with Gasteiger partial charge in [0.05, 0.1) is 30.0 Å². The molecule has 0 radical (unpaired) electrons. The van der Waals surface area contributed by atoms with E-state index in [0.29, 0.717) is 27.9 Å². The van der Waals surface area contributed by atoms with Crippen LogP contribution in [0.5, 0.6) is 5.75 Å². The van der Waals surface area contributed by atoms with Gasteiger partial charge in [-0.25, -0.2) is 9.97 Å². The predicted molar refractivity (Wildman–Crippen MR) is 127 cm³/mol. The minimum Gasteiger partial charge on any atom is -0.497 e. The van der Waals surface area contributed by atoms with Crippen LogP contribution in [0.3, 0.4) is 0 Å². The number of thioether (sulfide) groups is 2. The summed E-state index contributed by atoms with van der Waals surface area (Å²) in [6.07, 6.45) is 0.507. The molecule has 8 nitrogen and oxygen atoms in total. The number of benzene rings is 1. The first-order valence-corrected chi connectivity index (χ1v) is 12.5. The molecule has 4 heterocycles. The van der Waals surface area contributed by atoms with Crippen molar-refractivity contribution in [3.63, 3.8) is 0 Å². The predicted octanol–water partition coefficient (Wildman–Crippen LogP) is 5.12. The van der Waals surface area contributed by atoms with Gasteiger partial charge in [0.2, 0.25) is 0 Å². The molecule has 1 aromatic carbocycles. The zero-order chi connectivity index (χ0) is 24.6. The van der Waals surface area contributed by atoms with Gasteiger partial charge in [-0.2, -0.15) is 18.3 Å². The summed E-state index contributed by atoms with van der Waals surface area (Å²) in [5, 5.41) is 11.4. The smallest absolute Gasteiger partial charge is 0.434 e. The molecular formula is C21H15F3N6O2S3. The molecule has 180 valence electrons. The normalized spacial score (nSPS) is 15.3. The van der Waals surface area contributed by atoms with Crippen molar-refractivity contribution >= 4 is 45.9 Å². The molecule has 14 heteroatoms. The van der Waals surface area contributed by atoms with Crippen LogP contribution in [0.2, 0.25) is 0 Å². The average Bonchev–Trinajstić information content (AvgIpc) is 3.20. The van der Waals surface area contributed by atoms with Gasteiger partial charge in [0.15, 0.2) is 16.0 Å². The van der Waals surface area contributed by atoms with Crippen LogP contribution < -0.4 is 10.1 Å². The number of thiazole rings is 1. The van der Waals surface area contributed by atoms with Gasteiger partial charge in [-0.05, 0) is 48.2 Å². The van der Waals surface area contributed by atoms with Crippen LogP contribution in [0.4, 0.5) is 18.3 Å². The molecule has 5 rings (SSSR count). The number of hydrogen-bond acceptors (Lipinski definition) is 9. The fourth-order valence-electron chi connectivity index (χ4n) is 3.15. The maximum Gasteiger partial charge on any atom is 0.434 e. The van der Waals surface area contributed by atoms with Gasteiger partial charge in [-0.15, -0.1) is 11.3 Å². The molecule has 35 heavy (non-hydrogen) atoms. The summed E-state index contributed by atoms with van der Waals surface area (Å²) in [5.74, 6) is 0.168. The molecule has 1 amide bonds. The fraction of sp³-hybridized carbons (Fsp3) is 0.143. The molecule has 2 aliphatic heterocycles. The number of allylic oxidation sites excluding steroid dienone is 2. The van der Waals surface area contributed by atoms with Gasteiger partial charge in [-0.1, -0.05) is 11.8 Å². The van der Waals surface area contributed by atoms with E-state index in [4.69, 9.17) is 4.74 Å². The van der Waals surface area contributed by atoms with Crippen LogP contribution in [0.15, 0.2) is 79.4 Å². The number of carbonyl (C=O) groups is 1. The number of fused-ring (bicyclic) bond motifs is 1. The zero-order valence-corrected chi connectivity index (χ0v) is 20.2. The van der Waals surface area contributed by atoms with E-state index in [1.54, 1.807) is 7.11 Å². The number of nitrogens with one attached hydrogen (secondary N) is 2. The van der Waals surface area contributed by atoms with E-state index in [-0.39, 0.29) is 5.13 Å². The van der Waals surface area contributed by atoms with Gasteiger partial charge in [0.1, 0.15) is 12.1 Å². The molecule has 2 N–H and O–H groups in total. The van der Waals surface area contributed by atoms with Gasteiger partial charge in [0.25, 0.3) is 5.91 Å². The lowest BCUT2D eigenvalue weighted by atomic mass is 10.2. The Morgan fingerprint density at radius 1 is 1.23 bits per heavy atom. The highest BCUT2D eigenvalue weighted by Crippen LogP contribution is 2.46. The summed E-state index contributed by atoms with van der Waals surface area (Å²) in [4.78, 5) is 24.4. The number of rotatable bonds is 7. The van der Waals surface area contributed by atoms with E-state index >= 15 is 0 Å². The number of carbonyl (C=O) groups excluding carboxylic acids is 1. The third kappa shape index (κ3) is 5.23. The number of aromatic amines is 1. The monoisotopic (exact) mass is 536 g/mol. The molecule has 2 aliphatic rings. The average molecular weight is 537 g/mol. The first-order chi connectivity index (χ1) is 16.8. The summed E-state index contributed by atoms with van der Waals surface area (Å²) >= 11 is 3.45. The van der Waals surface area contributed by atoms with Crippen molar-refractivity contribution in [3.8, 4) is 5.75 Å². The maximum absolute atomic E-state index is 13.3. The fourth-order valence-corrected chi connectivity index (χ4v) is 5.66. The van der Waals surface area contributed by atoms with E-state index in [9.17, 15) is 18.0 Å². The number of aromatic nitrogens is 4. The molecule has 2 aromatic heterocycles. The molecule has 3 aromatic rings. The summed E-state index contributed by atoms with van der Waals surface area (Å²) in [5.41, 5.74) is 0.0808. The van der Waals surface area contributed by atoms with Gasteiger partial charge < -0.3 is 9.64 Å². The molecule has 1 fully saturated rings. The summed E-state index contributed by atoms with van der Waals surface area (Å²) in [7, 11) is 1.58. The van der Waals surface area contributed by atoms with Crippen LogP contribution in [-0.4, -0.2) is 44.6 Å². The molecule has 0 saturated carbocycles. The third-order valence-electron chi connectivity index (χ3n) is 4.83. The summed E-state index contributed by atoms with van der Waals surface area (Å²) < 4.78 is 44.0. The van der Waals surface area contributed by atoms with Crippen LogP contribution in [0.25, 0.3) is 0 Å². The van der Waals surface area contributed by atoms with Crippen molar-refractivity contribution in [2.45, 2.75) is 16.2 Å². The lowest BCUT2D eigenvalue weighted by Crippen LogP contribution is -2.16. The van der Waals surface area contributed by atoms with E-state index in [1.165, 1.54) is 29.9 Å². The Kier molecular flexibility index (Phi) is 6.34. The minimum atomic E-state index is -4.58. The number of hydrogen-bond donors (Lipinski definition) is 2. The zero-order valence-electron chi connectivity index (χ0n) is 17.8. The Bertz CT molecular complexity index is 1350. The number of nitrogens with zero attached hydrogens (tertiary/aromatic N) is 4. The Labute approximate surface area is 209 Å². The SMILES string of the molecule is COc1ccc(SC2=CC=C(Sc3ncn[nH]3)N3CC3=C2C(=O)Nc2nc(C(F)(F)F)cs2)cc1. The second kappa shape index (κ2) is 9.43. The van der Waals surface area contributed by atoms with Crippen LogP contribution in [0, 0.1) is 0 Å². The first-order valence-electron chi connectivity index (χ1n) is 9.94. The summed E-state index contributed by atoms with van der Waals surface area (Å²) in [6.45, 7) is 0.502. The molecule has 0 bridgehead atoms. The Balaban J connectivity index is 1.44. The molecule has 0 aliphatic carbocycles. The van der Waals surface area contributed by atoms with Crippen molar-refractivity contribution < 1.29 is 22.7 Å². The minimum absolute atomic E-state index is 0.120. The van der Waals surface area contributed by atoms with Crippen LogP contribution >= 0.6 is 34.9 Å². The largest absolute Gasteiger partial charge is 0.497 e. The number of anilines is 1. The second-order valence-electron chi connectivity index (χ2n) is 7.10. The van der Waals surface area contributed by atoms with Crippen molar-refractivity contribution in [2.24, 2.45) is 0 Å². The number of alkyl halides is 3. The molecular weight excluding hydrogens is 521 g/mol. The van der Waals surface area contributed by atoms with E-state index in [2.05, 4.69) is 25.5 Å². The lowest BCUT2D eigenvalue weighted by molar-refractivity contribution is -0.140. The standard InChI is InChI=1S/C21H15F3N6O2S3/c1-32-11-2-4-12(5-3-11)34-14-6-7-16(35-19-25-10-26-29-19)30-8-13(30)17(14)18(31)28-20-27-15(9-33-20)21(22,23)24/h2-7,9-10H,8H2,1H3,(H,25,26,29)(H,27,28,31). The van der Waals surface area contributed by atoms with E-state index < -0.39 is 17.8 Å². The molecule has 0 spiro atoms. The van der Waals surface area contributed by atoms with Crippen LogP contribution in [0.1, 0.15) is 5.69 Å². The highest BCUT2D eigenvalue weighted by molar-refractivity contribution is 8.03. The number of halogens is 3. The Morgan fingerprint density at radius 3 is 2.69 bits per heavy atom. The van der Waals surface area contributed by atoms with Crippen molar-refractivity contribution in [3.05, 3.63) is 75.0 Å². The quantitative estimate of drug-likeness (QED) is 0.402. The molecule has 0 atom stereocenters. The number of ether oxygens (including phenoxy) is 1.